The van der Waals surface area contributed by atoms with Gasteiger partial charge in [0.2, 0.25) is 5.91 Å². The standard InChI is InChI=1S/C29H33ClN2O4/c1-22(2)35-19-11-18-31-29(34)28(24-14-7-4-8-15-24)32(20-23-12-5-3-6-13-23)27(33)21-36-26-17-10-9-16-25(26)30/h3-10,12-17,22,28H,11,18-21H2,1-2H3,(H,31,34)/t28-/m1/s1. The molecule has 0 bridgehead atoms. The summed E-state index contributed by atoms with van der Waals surface area (Å²) in [7, 11) is 0. The van der Waals surface area contributed by atoms with Gasteiger partial charge in [0.25, 0.3) is 5.91 Å². The van der Waals surface area contributed by atoms with Crippen LogP contribution in [-0.4, -0.2) is 42.6 Å². The highest BCUT2D eigenvalue weighted by atomic mass is 35.5. The number of para-hydroxylation sites is 1. The third-order valence-corrected chi connectivity index (χ3v) is 5.76. The quantitative estimate of drug-likeness (QED) is 0.313. The van der Waals surface area contributed by atoms with Gasteiger partial charge in [-0.25, -0.2) is 0 Å². The average molecular weight is 509 g/mol. The molecule has 0 radical (unpaired) electrons. The molecule has 3 aromatic rings. The van der Waals surface area contributed by atoms with E-state index in [4.69, 9.17) is 21.1 Å². The van der Waals surface area contributed by atoms with Gasteiger partial charge in [0.05, 0.1) is 11.1 Å². The van der Waals surface area contributed by atoms with Crippen LogP contribution in [0.5, 0.6) is 5.75 Å². The van der Waals surface area contributed by atoms with Crippen molar-refractivity contribution in [3.8, 4) is 5.75 Å². The smallest absolute Gasteiger partial charge is 0.261 e. The maximum absolute atomic E-state index is 13.6. The number of hydrogen-bond donors (Lipinski definition) is 1. The van der Waals surface area contributed by atoms with Crippen LogP contribution in [0.1, 0.15) is 37.4 Å². The number of rotatable bonds is 13. The van der Waals surface area contributed by atoms with Gasteiger partial charge in [-0.3, -0.25) is 9.59 Å². The van der Waals surface area contributed by atoms with Crippen LogP contribution in [0, 0.1) is 0 Å². The normalized spacial score (nSPS) is 11.7. The molecule has 1 atom stereocenters. The lowest BCUT2D eigenvalue weighted by atomic mass is 10.0. The monoisotopic (exact) mass is 508 g/mol. The Balaban J connectivity index is 1.83. The van der Waals surface area contributed by atoms with E-state index in [1.54, 1.807) is 29.2 Å². The Kier molecular flexibility index (Phi) is 10.8. The van der Waals surface area contributed by atoms with E-state index >= 15 is 0 Å². The van der Waals surface area contributed by atoms with Crippen molar-refractivity contribution in [3.05, 3.63) is 101 Å². The molecule has 0 unspecified atom stereocenters. The van der Waals surface area contributed by atoms with Crippen LogP contribution < -0.4 is 10.1 Å². The molecule has 0 aliphatic heterocycles. The summed E-state index contributed by atoms with van der Waals surface area (Å²) in [6.07, 6.45) is 0.808. The van der Waals surface area contributed by atoms with Crippen molar-refractivity contribution in [1.29, 1.82) is 0 Å². The first-order valence-corrected chi connectivity index (χ1v) is 12.5. The van der Waals surface area contributed by atoms with Gasteiger partial charge in [-0.05, 0) is 43.5 Å². The predicted octanol–water partition coefficient (Wildman–Crippen LogP) is 5.42. The number of benzene rings is 3. The fourth-order valence-corrected chi connectivity index (χ4v) is 3.89. The van der Waals surface area contributed by atoms with Gasteiger partial charge in [-0.15, -0.1) is 0 Å². The minimum Gasteiger partial charge on any atom is -0.482 e. The highest BCUT2D eigenvalue weighted by molar-refractivity contribution is 6.32. The Labute approximate surface area is 218 Å². The van der Waals surface area contributed by atoms with E-state index in [2.05, 4.69) is 5.32 Å². The average Bonchev–Trinajstić information content (AvgIpc) is 2.88. The lowest BCUT2D eigenvalue weighted by molar-refractivity contribution is -0.143. The zero-order valence-corrected chi connectivity index (χ0v) is 21.5. The number of nitrogens with one attached hydrogen (secondary N) is 1. The number of carbonyl (C=O) groups is 2. The van der Waals surface area contributed by atoms with E-state index in [1.165, 1.54) is 0 Å². The van der Waals surface area contributed by atoms with E-state index in [0.717, 1.165) is 11.1 Å². The SMILES string of the molecule is CC(C)OCCCNC(=O)[C@@H](c1ccccc1)N(Cc1ccccc1)C(=O)COc1ccccc1Cl. The van der Waals surface area contributed by atoms with Gasteiger partial charge in [0.15, 0.2) is 6.61 Å². The lowest BCUT2D eigenvalue weighted by Crippen LogP contribution is -2.45. The first kappa shape index (κ1) is 27.2. The highest BCUT2D eigenvalue weighted by Gasteiger charge is 2.31. The molecule has 3 aromatic carbocycles. The maximum Gasteiger partial charge on any atom is 0.261 e. The van der Waals surface area contributed by atoms with Crippen LogP contribution in [0.4, 0.5) is 0 Å². The fraction of sp³-hybridized carbons (Fsp3) is 0.310. The first-order valence-electron chi connectivity index (χ1n) is 12.1. The van der Waals surface area contributed by atoms with Crippen LogP contribution in [0.3, 0.4) is 0 Å². The van der Waals surface area contributed by atoms with Gasteiger partial charge in [-0.1, -0.05) is 84.4 Å². The summed E-state index contributed by atoms with van der Waals surface area (Å²) in [6, 6.07) is 25.0. The molecular formula is C29H33ClN2O4. The van der Waals surface area contributed by atoms with E-state index in [9.17, 15) is 9.59 Å². The minimum atomic E-state index is -0.834. The summed E-state index contributed by atoms with van der Waals surface area (Å²) in [5.74, 6) is -0.170. The molecule has 2 amide bonds. The Hall–Kier alpha value is -3.35. The third kappa shape index (κ3) is 8.40. The molecule has 0 aromatic heterocycles. The van der Waals surface area contributed by atoms with Crippen molar-refractivity contribution in [2.75, 3.05) is 19.8 Å². The molecule has 0 heterocycles. The van der Waals surface area contributed by atoms with Crippen LogP contribution in [0.2, 0.25) is 5.02 Å². The Bertz CT molecular complexity index is 1090. The number of ether oxygens (including phenoxy) is 2. The molecule has 0 saturated heterocycles. The van der Waals surface area contributed by atoms with Crippen LogP contribution in [-0.2, 0) is 20.9 Å². The largest absolute Gasteiger partial charge is 0.482 e. The topological polar surface area (TPSA) is 67.9 Å². The molecule has 7 heteroatoms. The molecule has 0 spiro atoms. The lowest BCUT2D eigenvalue weighted by Gasteiger charge is -2.31. The van der Waals surface area contributed by atoms with E-state index in [1.807, 2.05) is 74.5 Å². The molecule has 6 nitrogen and oxygen atoms in total. The van der Waals surface area contributed by atoms with Gasteiger partial charge < -0.3 is 19.7 Å². The number of amides is 2. The van der Waals surface area contributed by atoms with Crippen LogP contribution >= 0.6 is 11.6 Å². The van der Waals surface area contributed by atoms with Gasteiger partial charge in [0.1, 0.15) is 11.8 Å². The van der Waals surface area contributed by atoms with Crippen molar-refractivity contribution in [2.45, 2.75) is 39.0 Å². The Morgan fingerprint density at radius 1 is 0.917 bits per heavy atom. The number of halogens is 1. The summed E-state index contributed by atoms with van der Waals surface area (Å²) in [6.45, 7) is 4.93. The second-order valence-corrected chi connectivity index (χ2v) is 9.01. The van der Waals surface area contributed by atoms with Gasteiger partial charge in [-0.2, -0.15) is 0 Å². The van der Waals surface area contributed by atoms with Gasteiger partial charge in [0, 0.05) is 19.7 Å². The van der Waals surface area contributed by atoms with Crippen molar-refractivity contribution >= 4 is 23.4 Å². The molecule has 1 N–H and O–H groups in total. The highest BCUT2D eigenvalue weighted by Crippen LogP contribution is 2.26. The van der Waals surface area contributed by atoms with Gasteiger partial charge >= 0.3 is 0 Å². The number of carbonyl (C=O) groups excluding carboxylic acids is 2. The summed E-state index contributed by atoms with van der Waals surface area (Å²) < 4.78 is 11.3. The maximum atomic E-state index is 13.6. The molecule has 0 saturated carbocycles. The molecular weight excluding hydrogens is 476 g/mol. The van der Waals surface area contributed by atoms with Crippen molar-refractivity contribution < 1.29 is 19.1 Å². The Morgan fingerprint density at radius 2 is 1.56 bits per heavy atom. The number of hydrogen-bond acceptors (Lipinski definition) is 4. The van der Waals surface area contributed by atoms with E-state index < -0.39 is 6.04 Å². The summed E-state index contributed by atoms with van der Waals surface area (Å²) >= 11 is 6.20. The molecule has 0 aliphatic rings. The zero-order chi connectivity index (χ0) is 25.8. The van der Waals surface area contributed by atoms with E-state index in [0.29, 0.717) is 30.3 Å². The molecule has 3 rings (SSSR count). The minimum absolute atomic E-state index is 0.134. The first-order chi connectivity index (χ1) is 17.5. The molecule has 190 valence electrons. The summed E-state index contributed by atoms with van der Waals surface area (Å²) in [4.78, 5) is 28.6. The number of nitrogens with zero attached hydrogens (tertiary/aromatic N) is 1. The fourth-order valence-electron chi connectivity index (χ4n) is 3.70. The van der Waals surface area contributed by atoms with Crippen molar-refractivity contribution in [1.82, 2.24) is 10.2 Å². The van der Waals surface area contributed by atoms with Crippen LogP contribution in [0.15, 0.2) is 84.9 Å². The molecule has 0 aliphatic carbocycles. The molecule has 0 fully saturated rings. The van der Waals surface area contributed by atoms with Crippen molar-refractivity contribution in [2.24, 2.45) is 0 Å². The zero-order valence-electron chi connectivity index (χ0n) is 20.7. The summed E-state index contributed by atoms with van der Waals surface area (Å²) in [5, 5.41) is 3.40. The van der Waals surface area contributed by atoms with E-state index in [-0.39, 0.29) is 31.1 Å². The Morgan fingerprint density at radius 3 is 2.22 bits per heavy atom. The van der Waals surface area contributed by atoms with Crippen molar-refractivity contribution in [3.63, 3.8) is 0 Å². The molecule has 36 heavy (non-hydrogen) atoms. The third-order valence-electron chi connectivity index (χ3n) is 5.45. The predicted molar refractivity (Wildman–Crippen MR) is 142 cm³/mol. The van der Waals surface area contributed by atoms with Crippen LogP contribution in [0.25, 0.3) is 0 Å². The summed E-state index contributed by atoms with van der Waals surface area (Å²) in [5.41, 5.74) is 1.62. The second-order valence-electron chi connectivity index (χ2n) is 8.60. The second kappa shape index (κ2) is 14.3.